The molecule has 9 nitrogen and oxygen atoms in total. The number of carbonyl (C=O) groups excluding carboxylic acids is 1. The first-order valence-corrected chi connectivity index (χ1v) is 10.8. The normalized spacial score (nSPS) is 22.4. The number of ether oxygens (including phenoxy) is 2. The molecule has 0 bridgehead atoms. The van der Waals surface area contributed by atoms with Gasteiger partial charge in [0.2, 0.25) is 11.8 Å². The van der Waals surface area contributed by atoms with Gasteiger partial charge in [0.15, 0.2) is 0 Å². The van der Waals surface area contributed by atoms with Crippen LogP contribution in [0.15, 0.2) is 24.4 Å². The van der Waals surface area contributed by atoms with Crippen LogP contribution in [0.1, 0.15) is 30.0 Å². The van der Waals surface area contributed by atoms with E-state index in [4.69, 9.17) is 9.47 Å². The topological polar surface area (TPSA) is 92.7 Å². The minimum absolute atomic E-state index is 0.110. The van der Waals surface area contributed by atoms with Crippen molar-refractivity contribution in [3.8, 4) is 5.88 Å². The summed E-state index contributed by atoms with van der Waals surface area (Å²) in [5.74, 6) is 2.51. The summed E-state index contributed by atoms with van der Waals surface area (Å²) in [6, 6.07) is 5.87. The standard InChI is InChI=1S/C22H28N6O3/c1-15-12-18(30-2)26-21(25-15)27-8-5-22(6-9-27)20(29)28(10-11-31-22)14-16-13-24-19-17(16)4-3-7-23-19/h3-4,7,12,16H,5-6,8-11,13-14H2,1-2H3,(H,23,24). The summed E-state index contributed by atoms with van der Waals surface area (Å²) in [6.45, 7) is 5.97. The average molecular weight is 425 g/mol. The highest BCUT2D eigenvalue weighted by Crippen LogP contribution is 2.35. The fraction of sp³-hybridized carbons (Fsp3) is 0.545. The highest BCUT2D eigenvalue weighted by atomic mass is 16.5. The average Bonchev–Trinajstić information content (AvgIpc) is 3.20. The summed E-state index contributed by atoms with van der Waals surface area (Å²) >= 11 is 0. The molecule has 31 heavy (non-hydrogen) atoms. The number of piperidine rings is 1. The lowest BCUT2D eigenvalue weighted by atomic mass is 9.88. The van der Waals surface area contributed by atoms with E-state index >= 15 is 0 Å². The number of rotatable bonds is 4. The third kappa shape index (κ3) is 3.67. The molecule has 5 rings (SSSR count). The van der Waals surface area contributed by atoms with Gasteiger partial charge in [0, 0.05) is 75.0 Å². The molecule has 0 saturated carbocycles. The van der Waals surface area contributed by atoms with Gasteiger partial charge in [0.05, 0.1) is 13.7 Å². The van der Waals surface area contributed by atoms with Crippen molar-refractivity contribution in [2.24, 2.45) is 0 Å². The Kier molecular flexibility index (Phi) is 5.13. The van der Waals surface area contributed by atoms with Crippen molar-refractivity contribution in [2.45, 2.75) is 31.3 Å². The molecule has 164 valence electrons. The van der Waals surface area contributed by atoms with E-state index in [1.54, 1.807) is 13.3 Å². The SMILES string of the molecule is COc1cc(C)nc(N2CCC3(CC2)OCCN(CC2CNc4ncccc42)C3=O)n1. The molecule has 1 atom stereocenters. The number of methoxy groups -OCH3 is 1. The van der Waals surface area contributed by atoms with Crippen molar-refractivity contribution in [3.63, 3.8) is 0 Å². The zero-order valence-electron chi connectivity index (χ0n) is 18.0. The fourth-order valence-corrected chi connectivity index (χ4v) is 4.83. The third-order valence-corrected chi connectivity index (χ3v) is 6.53. The Morgan fingerprint density at radius 3 is 2.94 bits per heavy atom. The molecule has 0 aliphatic carbocycles. The van der Waals surface area contributed by atoms with Crippen molar-refractivity contribution in [1.82, 2.24) is 19.9 Å². The first-order chi connectivity index (χ1) is 15.1. The van der Waals surface area contributed by atoms with E-state index in [0.717, 1.165) is 18.1 Å². The molecule has 2 aromatic rings. The molecule has 3 aliphatic rings. The number of hydrogen-bond acceptors (Lipinski definition) is 8. The number of fused-ring (bicyclic) bond motifs is 1. The minimum Gasteiger partial charge on any atom is -0.481 e. The van der Waals surface area contributed by atoms with Gasteiger partial charge in [-0.05, 0) is 13.0 Å². The molecular formula is C22H28N6O3. The van der Waals surface area contributed by atoms with Crippen LogP contribution < -0.4 is 15.0 Å². The van der Waals surface area contributed by atoms with E-state index < -0.39 is 5.60 Å². The molecule has 0 aromatic carbocycles. The summed E-state index contributed by atoms with van der Waals surface area (Å²) in [5.41, 5.74) is 1.31. The molecule has 1 N–H and O–H groups in total. The lowest BCUT2D eigenvalue weighted by Gasteiger charge is -2.46. The van der Waals surface area contributed by atoms with Gasteiger partial charge >= 0.3 is 0 Å². The lowest BCUT2D eigenvalue weighted by molar-refractivity contribution is -0.175. The zero-order chi connectivity index (χ0) is 21.4. The van der Waals surface area contributed by atoms with Crippen LogP contribution >= 0.6 is 0 Å². The fourth-order valence-electron chi connectivity index (χ4n) is 4.83. The lowest BCUT2D eigenvalue weighted by Crippen LogP contribution is -2.61. The van der Waals surface area contributed by atoms with Crippen molar-refractivity contribution in [2.75, 3.05) is 56.7 Å². The van der Waals surface area contributed by atoms with Gasteiger partial charge in [-0.25, -0.2) is 9.97 Å². The van der Waals surface area contributed by atoms with Crippen molar-refractivity contribution in [3.05, 3.63) is 35.7 Å². The Morgan fingerprint density at radius 2 is 2.13 bits per heavy atom. The van der Waals surface area contributed by atoms with Crippen molar-refractivity contribution >= 4 is 17.7 Å². The first-order valence-electron chi connectivity index (χ1n) is 10.8. The number of pyridine rings is 1. The highest BCUT2D eigenvalue weighted by Gasteiger charge is 2.48. The van der Waals surface area contributed by atoms with Gasteiger partial charge in [0.1, 0.15) is 11.4 Å². The number of amides is 1. The van der Waals surface area contributed by atoms with E-state index in [9.17, 15) is 4.79 Å². The quantitative estimate of drug-likeness (QED) is 0.791. The third-order valence-electron chi connectivity index (χ3n) is 6.53. The minimum atomic E-state index is -0.744. The molecule has 1 spiro atoms. The predicted octanol–water partition coefficient (Wildman–Crippen LogP) is 1.60. The largest absolute Gasteiger partial charge is 0.481 e. The van der Waals surface area contributed by atoms with Crippen LogP contribution in [0.5, 0.6) is 5.88 Å². The molecular weight excluding hydrogens is 396 g/mol. The number of carbonyl (C=O) groups is 1. The van der Waals surface area contributed by atoms with Crippen LogP contribution in [-0.4, -0.2) is 77.8 Å². The maximum atomic E-state index is 13.5. The Balaban J connectivity index is 1.27. The number of hydrogen-bond donors (Lipinski definition) is 1. The summed E-state index contributed by atoms with van der Waals surface area (Å²) < 4.78 is 11.4. The molecule has 2 aromatic heterocycles. The Hall–Kier alpha value is -2.94. The number of morpholine rings is 1. The van der Waals surface area contributed by atoms with Crippen LogP contribution in [0.25, 0.3) is 0 Å². The van der Waals surface area contributed by atoms with E-state index in [1.807, 2.05) is 24.0 Å². The summed E-state index contributed by atoms with van der Waals surface area (Å²) in [5, 5.41) is 3.35. The number of aryl methyl sites for hydroxylation is 1. The van der Waals surface area contributed by atoms with Crippen LogP contribution in [0.3, 0.4) is 0 Å². The number of nitrogens with zero attached hydrogens (tertiary/aromatic N) is 5. The van der Waals surface area contributed by atoms with Crippen molar-refractivity contribution < 1.29 is 14.3 Å². The van der Waals surface area contributed by atoms with E-state index in [1.165, 1.54) is 5.56 Å². The van der Waals surface area contributed by atoms with Gasteiger partial charge in [-0.3, -0.25) is 4.79 Å². The van der Waals surface area contributed by atoms with Crippen LogP contribution in [0.2, 0.25) is 0 Å². The second kappa shape index (κ2) is 7.96. The monoisotopic (exact) mass is 424 g/mol. The molecule has 2 saturated heterocycles. The van der Waals surface area contributed by atoms with Crippen molar-refractivity contribution in [1.29, 1.82) is 0 Å². The highest BCUT2D eigenvalue weighted by molar-refractivity contribution is 5.86. The molecule has 1 amide bonds. The van der Waals surface area contributed by atoms with Crippen LogP contribution in [0, 0.1) is 6.92 Å². The second-order valence-corrected chi connectivity index (χ2v) is 8.45. The Bertz CT molecular complexity index is 975. The molecule has 0 radical (unpaired) electrons. The summed E-state index contributed by atoms with van der Waals surface area (Å²) in [7, 11) is 1.61. The summed E-state index contributed by atoms with van der Waals surface area (Å²) in [4.78, 5) is 31.0. The van der Waals surface area contributed by atoms with E-state index in [-0.39, 0.29) is 11.8 Å². The van der Waals surface area contributed by atoms with Gasteiger partial charge in [-0.2, -0.15) is 4.98 Å². The predicted molar refractivity (Wildman–Crippen MR) is 115 cm³/mol. The molecule has 2 fully saturated rings. The van der Waals surface area contributed by atoms with Gasteiger partial charge in [-0.15, -0.1) is 0 Å². The molecule has 1 unspecified atom stereocenters. The Morgan fingerprint density at radius 1 is 1.29 bits per heavy atom. The Labute approximate surface area is 181 Å². The maximum absolute atomic E-state index is 13.5. The second-order valence-electron chi connectivity index (χ2n) is 8.45. The smallest absolute Gasteiger partial charge is 0.255 e. The van der Waals surface area contributed by atoms with Crippen LogP contribution in [0.4, 0.5) is 11.8 Å². The van der Waals surface area contributed by atoms with E-state index in [2.05, 4.69) is 31.2 Å². The zero-order valence-corrected chi connectivity index (χ0v) is 18.0. The molecule has 9 heteroatoms. The summed E-state index contributed by atoms with van der Waals surface area (Å²) in [6.07, 6.45) is 3.05. The van der Waals surface area contributed by atoms with Gasteiger partial charge in [-0.1, -0.05) is 6.07 Å². The van der Waals surface area contributed by atoms with Gasteiger partial charge < -0.3 is 24.6 Å². The molecule has 5 heterocycles. The maximum Gasteiger partial charge on any atom is 0.255 e. The molecule has 3 aliphatic heterocycles. The first kappa shape index (κ1) is 20.0. The van der Waals surface area contributed by atoms with Gasteiger partial charge in [0.25, 0.3) is 5.91 Å². The number of anilines is 2. The van der Waals surface area contributed by atoms with Crippen LogP contribution in [-0.2, 0) is 9.53 Å². The number of aromatic nitrogens is 3. The number of nitrogens with one attached hydrogen (secondary N) is 1. The van der Waals surface area contributed by atoms with E-state index in [0.29, 0.717) is 57.5 Å².